The number of rotatable bonds is 12. The van der Waals surface area contributed by atoms with E-state index < -0.39 is 122 Å². The van der Waals surface area contributed by atoms with Gasteiger partial charge in [0.2, 0.25) is 0 Å². The topological polar surface area (TPSA) is 234 Å². The molecule has 1 aromatic heterocycles. The number of fused-ring (bicyclic) bond motifs is 1. The average Bonchev–Trinajstić information content (AvgIpc) is 3.44. The van der Waals surface area contributed by atoms with Crippen molar-refractivity contribution in [2.24, 2.45) is 0 Å². The third-order valence-electron chi connectivity index (χ3n) is 8.31. The molecule has 19 heteroatoms. The molecule has 0 amide bonds. The number of esters is 8. The second-order valence-corrected chi connectivity index (χ2v) is 12.7. The van der Waals surface area contributed by atoms with E-state index in [-0.39, 0.29) is 5.56 Å². The lowest BCUT2D eigenvalue weighted by Crippen LogP contribution is -2.60. The lowest BCUT2D eigenvalue weighted by Gasteiger charge is -2.45. The van der Waals surface area contributed by atoms with Crippen molar-refractivity contribution in [3.63, 3.8) is 0 Å². The lowest BCUT2D eigenvalue weighted by molar-refractivity contribution is -0.267. The minimum atomic E-state index is -1.50. The molecule has 0 unspecified atom stereocenters. The van der Waals surface area contributed by atoms with Crippen molar-refractivity contribution in [1.82, 2.24) is 4.57 Å². The fourth-order valence-electron chi connectivity index (χ4n) is 6.58. The van der Waals surface area contributed by atoms with Gasteiger partial charge in [0.05, 0.1) is 5.52 Å². The molecule has 0 spiro atoms. The number of carbonyl (C=O) groups is 8. The highest BCUT2D eigenvalue weighted by Gasteiger charge is 2.55. The Labute approximate surface area is 314 Å². The number of para-hydroxylation sites is 1. The van der Waals surface area contributed by atoms with Crippen molar-refractivity contribution in [1.29, 1.82) is 0 Å². The van der Waals surface area contributed by atoms with Gasteiger partial charge < -0.3 is 51.9 Å². The molecule has 0 saturated carbocycles. The monoisotopic (exact) mass is 777 g/mol. The fraction of sp³-hybridized carbons (Fsp3) is 0.556. The second kappa shape index (κ2) is 18.2. The predicted molar refractivity (Wildman–Crippen MR) is 180 cm³/mol. The van der Waals surface area contributed by atoms with Crippen LogP contribution in [-0.2, 0) is 85.7 Å². The van der Waals surface area contributed by atoms with Crippen LogP contribution in [0.1, 0.15) is 73.3 Å². The van der Waals surface area contributed by atoms with Gasteiger partial charge in [-0.2, -0.15) is 0 Å². The highest BCUT2D eigenvalue weighted by Crippen LogP contribution is 2.43. The van der Waals surface area contributed by atoms with Crippen LogP contribution in [0.4, 0.5) is 0 Å². The number of ether oxygens (including phenoxy) is 10. The molecule has 10 atom stereocenters. The van der Waals surface area contributed by atoms with E-state index in [0.29, 0.717) is 10.9 Å². The normalized spacial score (nSPS) is 27.5. The van der Waals surface area contributed by atoms with Crippen molar-refractivity contribution >= 4 is 58.7 Å². The van der Waals surface area contributed by atoms with Crippen molar-refractivity contribution in [3.8, 4) is 0 Å². The molecule has 300 valence electrons. The van der Waals surface area contributed by atoms with Crippen molar-refractivity contribution in [2.75, 3.05) is 13.2 Å². The maximum absolute atomic E-state index is 12.6. The van der Waals surface area contributed by atoms with E-state index in [1.807, 2.05) is 0 Å². The minimum absolute atomic E-state index is 0.265. The van der Waals surface area contributed by atoms with Crippen LogP contribution >= 0.6 is 0 Å². The van der Waals surface area contributed by atoms with Gasteiger partial charge in [0.1, 0.15) is 31.5 Å². The third kappa shape index (κ3) is 10.6. The summed E-state index contributed by atoms with van der Waals surface area (Å²) < 4.78 is 58.5. The molecule has 0 bridgehead atoms. The molecule has 3 heterocycles. The van der Waals surface area contributed by atoms with Crippen LogP contribution in [0.5, 0.6) is 0 Å². The van der Waals surface area contributed by atoms with Crippen LogP contribution in [-0.4, -0.2) is 114 Å². The Balaban J connectivity index is 1.97. The molecule has 55 heavy (non-hydrogen) atoms. The van der Waals surface area contributed by atoms with Crippen LogP contribution < -0.4 is 0 Å². The van der Waals surface area contributed by atoms with Crippen LogP contribution in [0.2, 0.25) is 0 Å². The van der Waals surface area contributed by atoms with Crippen molar-refractivity contribution < 1.29 is 85.7 Å². The third-order valence-corrected chi connectivity index (χ3v) is 8.31. The summed E-state index contributed by atoms with van der Waals surface area (Å²) in [6.45, 7) is 7.92. The van der Waals surface area contributed by atoms with Crippen molar-refractivity contribution in [3.05, 3.63) is 36.0 Å². The summed E-state index contributed by atoms with van der Waals surface area (Å²) in [6, 6.07) is 6.66. The first-order chi connectivity index (χ1) is 25.9. The molecule has 2 fully saturated rings. The number of aromatic nitrogens is 1. The van der Waals surface area contributed by atoms with Crippen LogP contribution in [0, 0.1) is 0 Å². The summed E-state index contributed by atoms with van der Waals surface area (Å²) in [5.74, 6) is -6.33. The first-order valence-electron chi connectivity index (χ1n) is 17.1. The van der Waals surface area contributed by atoms with Gasteiger partial charge in [-0.05, 0) is 6.07 Å². The number of hydrogen-bond donors (Lipinski definition) is 0. The standard InChI is InChI=1S/C36H43NO18/c1-16(38)46-14-27-30(48-18(3)40)33(51-21(6)43)32(50-20(5)42)29(54-27)25-13-37(26-12-10-9-11-24(25)26)36-35(53-23(8)45)34(52-22(7)44)31(49-19(4)41)28(55-36)15-47-17(2)39/h9-13,27-36H,14-15H2,1-8H3/t27-,28-,29-,30-,31-,32-,33+,34+,35-,36-/m1/s1. The van der Waals surface area contributed by atoms with Gasteiger partial charge >= 0.3 is 47.8 Å². The SMILES string of the molecule is CC(=O)OC[C@H]1O[C@@H](n2cc([C@H]3O[C@H](COC(C)=O)[C@@H](OC(C)=O)[C@H](OC(C)=O)[C@@H]3OC(C)=O)c3ccccc32)[C@H](OC(C)=O)[C@@H](OC(C)=O)[C@@H]1OC(C)=O. The summed E-state index contributed by atoms with van der Waals surface area (Å²) in [5, 5.41) is 0.427. The van der Waals surface area contributed by atoms with E-state index in [1.54, 1.807) is 24.3 Å². The molecular formula is C36H43NO18. The molecule has 2 aliphatic heterocycles. The molecule has 4 rings (SSSR count). The molecule has 19 nitrogen and oxygen atoms in total. The smallest absolute Gasteiger partial charge is 0.303 e. The minimum Gasteiger partial charge on any atom is -0.463 e. The van der Waals surface area contributed by atoms with E-state index in [4.69, 9.17) is 47.4 Å². The molecule has 0 radical (unpaired) electrons. The Bertz CT molecular complexity index is 1680. The van der Waals surface area contributed by atoms with E-state index in [2.05, 4.69) is 0 Å². The number of nitrogens with zero attached hydrogens (tertiary/aromatic N) is 1. The van der Waals surface area contributed by atoms with Gasteiger partial charge in [-0.25, -0.2) is 0 Å². The highest BCUT2D eigenvalue weighted by atomic mass is 16.7. The average molecular weight is 778 g/mol. The summed E-state index contributed by atoms with van der Waals surface area (Å²) in [7, 11) is 0. The van der Waals surface area contributed by atoms with E-state index >= 15 is 0 Å². The first kappa shape index (κ1) is 42.2. The van der Waals surface area contributed by atoms with Gasteiger partial charge in [0.15, 0.2) is 42.9 Å². The van der Waals surface area contributed by atoms with Gasteiger partial charge in [-0.3, -0.25) is 38.4 Å². The van der Waals surface area contributed by atoms with Crippen molar-refractivity contribution in [2.45, 2.75) is 117 Å². The molecule has 0 N–H and O–H groups in total. The largest absolute Gasteiger partial charge is 0.463 e. The zero-order valence-electron chi connectivity index (χ0n) is 31.4. The molecule has 0 aliphatic carbocycles. The van der Waals surface area contributed by atoms with Gasteiger partial charge in [0, 0.05) is 72.5 Å². The highest BCUT2D eigenvalue weighted by molar-refractivity contribution is 5.85. The maximum atomic E-state index is 12.6. The number of carbonyl (C=O) groups excluding carboxylic acids is 8. The van der Waals surface area contributed by atoms with Gasteiger partial charge in [-0.15, -0.1) is 0 Å². The van der Waals surface area contributed by atoms with Gasteiger partial charge in [-0.1, -0.05) is 18.2 Å². The quantitative estimate of drug-likeness (QED) is 0.220. The van der Waals surface area contributed by atoms with E-state index in [0.717, 1.165) is 55.4 Å². The van der Waals surface area contributed by atoms with E-state index in [9.17, 15) is 38.4 Å². The molecule has 2 aliphatic rings. The summed E-state index contributed by atoms with van der Waals surface area (Å²) >= 11 is 0. The van der Waals surface area contributed by atoms with Gasteiger partial charge in [0.25, 0.3) is 0 Å². The Hall–Kier alpha value is -5.56. The van der Waals surface area contributed by atoms with E-state index in [1.165, 1.54) is 10.8 Å². The molecular weight excluding hydrogens is 734 g/mol. The maximum Gasteiger partial charge on any atom is 0.303 e. The summed E-state index contributed by atoms with van der Waals surface area (Å²) in [6.07, 6.45) is -12.6. The summed E-state index contributed by atoms with van der Waals surface area (Å²) in [5.41, 5.74) is 0.646. The molecule has 2 saturated heterocycles. The molecule has 2 aromatic rings. The summed E-state index contributed by atoms with van der Waals surface area (Å²) in [4.78, 5) is 98.5. The zero-order chi connectivity index (χ0) is 40.7. The molecule has 1 aromatic carbocycles. The lowest BCUT2D eigenvalue weighted by atomic mass is 9.90. The Kier molecular flexibility index (Phi) is 13.9. The predicted octanol–water partition coefficient (Wildman–Crippen LogP) is 1.70. The van der Waals surface area contributed by atoms with Crippen LogP contribution in [0.25, 0.3) is 10.9 Å². The number of hydrogen-bond acceptors (Lipinski definition) is 18. The Morgan fingerprint density at radius 1 is 0.509 bits per heavy atom. The Morgan fingerprint density at radius 3 is 1.38 bits per heavy atom. The van der Waals surface area contributed by atoms with Crippen LogP contribution in [0.3, 0.4) is 0 Å². The zero-order valence-corrected chi connectivity index (χ0v) is 31.4. The van der Waals surface area contributed by atoms with Crippen LogP contribution in [0.15, 0.2) is 30.5 Å². The first-order valence-corrected chi connectivity index (χ1v) is 17.1. The Morgan fingerprint density at radius 2 is 0.909 bits per heavy atom. The fourth-order valence-corrected chi connectivity index (χ4v) is 6.58. The second-order valence-electron chi connectivity index (χ2n) is 12.7. The number of benzene rings is 1.